The lowest BCUT2D eigenvalue weighted by molar-refractivity contribution is -0.132. The third-order valence-corrected chi connectivity index (χ3v) is 1.41. The Kier molecular flexibility index (Phi) is 2.69. The summed E-state index contributed by atoms with van der Waals surface area (Å²) in [6.45, 7) is 8.60. The predicted octanol–water partition coefficient (Wildman–Crippen LogP) is 2.37. The molecule has 13 heavy (non-hydrogen) atoms. The fourth-order valence-electron chi connectivity index (χ4n) is 0.681. The Balaban J connectivity index is 2.62. The molecule has 0 aromatic carbocycles. The molecule has 0 atom stereocenters. The third kappa shape index (κ3) is 2.33. The lowest BCUT2D eigenvalue weighted by Gasteiger charge is -2.03. The minimum absolute atomic E-state index is 0.266. The molecule has 0 aliphatic rings. The molecule has 0 bridgehead atoms. The van der Waals surface area contributed by atoms with Gasteiger partial charge in [-0.05, 0) is 13.0 Å². The zero-order valence-corrected chi connectivity index (χ0v) is 7.37. The number of carbonyl (C=O) groups excluding carboxylic acids is 1. The molecule has 0 aliphatic heterocycles. The van der Waals surface area contributed by atoms with Crippen LogP contribution >= 0.6 is 0 Å². The number of ether oxygens (including phenoxy) is 1. The molecule has 0 aliphatic carbocycles. The lowest BCUT2D eigenvalue weighted by atomic mass is 10.3. The van der Waals surface area contributed by atoms with Crippen LogP contribution in [0, 0.1) is 0 Å². The van der Waals surface area contributed by atoms with Crippen molar-refractivity contribution in [3.05, 3.63) is 42.9 Å². The Bertz CT molecular complexity index is 333. The highest BCUT2D eigenvalue weighted by atomic mass is 16.5. The van der Waals surface area contributed by atoms with Gasteiger partial charge in [-0.2, -0.15) is 0 Å². The first-order chi connectivity index (χ1) is 6.11. The van der Waals surface area contributed by atoms with Crippen molar-refractivity contribution in [3.8, 4) is 0 Å². The molecule has 1 heterocycles. The van der Waals surface area contributed by atoms with E-state index in [9.17, 15) is 4.79 Å². The van der Waals surface area contributed by atoms with E-state index >= 15 is 0 Å². The van der Waals surface area contributed by atoms with Gasteiger partial charge in [-0.25, -0.2) is 4.79 Å². The molecule has 1 aromatic rings. The molecule has 3 nitrogen and oxygen atoms in total. The second kappa shape index (κ2) is 3.76. The molecule has 0 radical (unpaired) electrons. The van der Waals surface area contributed by atoms with Gasteiger partial charge in [0.25, 0.3) is 0 Å². The van der Waals surface area contributed by atoms with Gasteiger partial charge in [0.1, 0.15) is 12.0 Å². The summed E-state index contributed by atoms with van der Waals surface area (Å²) in [5.41, 5.74) is 0.985. The van der Waals surface area contributed by atoms with Crippen molar-refractivity contribution in [2.75, 3.05) is 0 Å². The molecule has 0 N–H and O–H groups in total. The minimum atomic E-state index is -0.480. The summed E-state index contributed by atoms with van der Waals surface area (Å²) < 4.78 is 9.67. The van der Waals surface area contributed by atoms with Crippen LogP contribution in [-0.2, 0) is 9.53 Å². The Hall–Kier alpha value is -1.77. The second-order valence-electron chi connectivity index (χ2n) is 2.61. The van der Waals surface area contributed by atoms with Gasteiger partial charge in [0.05, 0.1) is 11.8 Å². The van der Waals surface area contributed by atoms with Crippen LogP contribution in [0.2, 0.25) is 0 Å². The van der Waals surface area contributed by atoms with Crippen LogP contribution in [-0.4, -0.2) is 5.97 Å². The van der Waals surface area contributed by atoms with Crippen LogP contribution in [0.3, 0.4) is 0 Å². The maximum Gasteiger partial charge on any atom is 0.338 e. The fourth-order valence-corrected chi connectivity index (χ4v) is 0.681. The highest BCUT2D eigenvalue weighted by Gasteiger charge is 2.08. The predicted molar refractivity (Wildman–Crippen MR) is 48.6 cm³/mol. The average Bonchev–Trinajstić information content (AvgIpc) is 2.55. The number of carbonyl (C=O) groups is 1. The van der Waals surface area contributed by atoms with Gasteiger partial charge >= 0.3 is 5.97 Å². The summed E-state index contributed by atoms with van der Waals surface area (Å²) in [4.78, 5) is 11.0. The molecule has 0 saturated heterocycles. The Labute approximate surface area is 76.3 Å². The Morgan fingerprint density at radius 3 is 2.69 bits per heavy atom. The van der Waals surface area contributed by atoms with Gasteiger partial charge < -0.3 is 9.15 Å². The fraction of sp³-hybridized carbons (Fsp3) is 0.100. The molecule has 0 unspecified atom stereocenters. The van der Waals surface area contributed by atoms with E-state index < -0.39 is 5.97 Å². The second-order valence-corrected chi connectivity index (χ2v) is 2.61. The van der Waals surface area contributed by atoms with Crippen molar-refractivity contribution >= 4 is 11.7 Å². The van der Waals surface area contributed by atoms with Crippen molar-refractivity contribution in [3.63, 3.8) is 0 Å². The number of esters is 1. The quantitative estimate of drug-likeness (QED) is 0.405. The summed E-state index contributed by atoms with van der Waals surface area (Å²) in [5.74, 6) is -0.215. The molecule has 0 spiro atoms. The van der Waals surface area contributed by atoms with Gasteiger partial charge in [-0.1, -0.05) is 13.2 Å². The van der Waals surface area contributed by atoms with Gasteiger partial charge in [-0.15, -0.1) is 0 Å². The van der Waals surface area contributed by atoms with Crippen LogP contribution in [0.1, 0.15) is 12.5 Å². The third-order valence-electron chi connectivity index (χ3n) is 1.41. The van der Waals surface area contributed by atoms with Gasteiger partial charge in [0.2, 0.25) is 0 Å². The maximum absolute atomic E-state index is 11.0. The first-order valence-corrected chi connectivity index (χ1v) is 3.70. The van der Waals surface area contributed by atoms with E-state index in [4.69, 9.17) is 9.15 Å². The SMILES string of the molecule is C=C(C)C(=O)OC(=C)c1ccoc1. The summed E-state index contributed by atoms with van der Waals surface area (Å²) in [7, 11) is 0. The average molecular weight is 178 g/mol. The summed E-state index contributed by atoms with van der Waals surface area (Å²) in [6, 6.07) is 1.66. The molecule has 0 amide bonds. The molecular formula is C10H10O3. The van der Waals surface area contributed by atoms with Gasteiger partial charge in [-0.3, -0.25) is 0 Å². The number of rotatable bonds is 3. The van der Waals surface area contributed by atoms with E-state index in [0.717, 1.165) is 0 Å². The molecule has 1 rings (SSSR count). The molecule has 3 heteroatoms. The number of hydrogen-bond donors (Lipinski definition) is 0. The van der Waals surface area contributed by atoms with Gasteiger partial charge in [0.15, 0.2) is 0 Å². The smallest absolute Gasteiger partial charge is 0.338 e. The van der Waals surface area contributed by atoms with Crippen molar-refractivity contribution in [2.24, 2.45) is 0 Å². The summed E-state index contributed by atoms with van der Waals surface area (Å²) in [6.07, 6.45) is 2.93. The van der Waals surface area contributed by atoms with E-state index in [1.807, 2.05) is 0 Å². The van der Waals surface area contributed by atoms with Crippen molar-refractivity contribution in [2.45, 2.75) is 6.92 Å². The maximum atomic E-state index is 11.0. The van der Waals surface area contributed by atoms with Crippen LogP contribution in [0.4, 0.5) is 0 Å². The lowest BCUT2D eigenvalue weighted by Crippen LogP contribution is -2.02. The summed E-state index contributed by atoms with van der Waals surface area (Å²) >= 11 is 0. The van der Waals surface area contributed by atoms with Crippen LogP contribution in [0.5, 0.6) is 0 Å². The summed E-state index contributed by atoms with van der Waals surface area (Å²) in [5, 5.41) is 0. The van der Waals surface area contributed by atoms with Crippen LogP contribution in [0.15, 0.2) is 41.7 Å². The largest absolute Gasteiger partial charge is 0.472 e. The Morgan fingerprint density at radius 2 is 2.23 bits per heavy atom. The first kappa shape index (κ1) is 9.32. The normalized spacial score (nSPS) is 9.31. The standard InChI is InChI=1S/C10H10O3/c1-7(2)10(11)13-8(3)9-4-5-12-6-9/h4-6H,1,3H2,2H3. The Morgan fingerprint density at radius 1 is 1.54 bits per heavy atom. The van der Waals surface area contributed by atoms with Gasteiger partial charge in [0, 0.05) is 5.57 Å². The number of hydrogen-bond acceptors (Lipinski definition) is 3. The zero-order valence-electron chi connectivity index (χ0n) is 7.37. The molecule has 0 saturated carbocycles. The van der Waals surface area contributed by atoms with E-state index in [1.54, 1.807) is 13.0 Å². The molecule has 68 valence electrons. The van der Waals surface area contributed by atoms with E-state index in [2.05, 4.69) is 13.2 Å². The van der Waals surface area contributed by atoms with E-state index in [-0.39, 0.29) is 5.76 Å². The highest BCUT2D eigenvalue weighted by Crippen LogP contribution is 2.14. The zero-order chi connectivity index (χ0) is 9.84. The van der Waals surface area contributed by atoms with Crippen molar-refractivity contribution in [1.29, 1.82) is 0 Å². The number of furan rings is 1. The van der Waals surface area contributed by atoms with Crippen LogP contribution < -0.4 is 0 Å². The molecule has 0 fully saturated rings. The monoisotopic (exact) mass is 178 g/mol. The highest BCUT2D eigenvalue weighted by molar-refractivity contribution is 5.90. The first-order valence-electron chi connectivity index (χ1n) is 3.70. The minimum Gasteiger partial charge on any atom is -0.472 e. The van der Waals surface area contributed by atoms with E-state index in [1.165, 1.54) is 12.5 Å². The van der Waals surface area contributed by atoms with Crippen molar-refractivity contribution < 1.29 is 13.9 Å². The van der Waals surface area contributed by atoms with Crippen molar-refractivity contribution in [1.82, 2.24) is 0 Å². The molecule has 1 aromatic heterocycles. The van der Waals surface area contributed by atoms with Crippen LogP contribution in [0.25, 0.3) is 5.76 Å². The topological polar surface area (TPSA) is 39.4 Å². The molecular weight excluding hydrogens is 168 g/mol. The van der Waals surface area contributed by atoms with E-state index in [0.29, 0.717) is 11.1 Å².